The Bertz CT molecular complexity index is 1380. The second-order valence-electron chi connectivity index (χ2n) is 7.81. The Morgan fingerprint density at radius 1 is 1.00 bits per heavy atom. The molecule has 2 amide bonds. The highest BCUT2D eigenvalue weighted by Gasteiger charge is 2.14. The van der Waals surface area contributed by atoms with Crippen molar-refractivity contribution in [3.05, 3.63) is 77.7 Å². The van der Waals surface area contributed by atoms with Gasteiger partial charge in [0.15, 0.2) is 11.6 Å². The molecule has 0 saturated carbocycles. The van der Waals surface area contributed by atoms with E-state index in [1.54, 1.807) is 48.7 Å². The molecule has 3 aromatic carbocycles. The van der Waals surface area contributed by atoms with E-state index in [2.05, 4.69) is 25.5 Å². The first-order chi connectivity index (χ1) is 17.0. The molecule has 35 heavy (non-hydrogen) atoms. The van der Waals surface area contributed by atoms with Crippen molar-refractivity contribution in [2.24, 2.45) is 0 Å². The number of nitrogens with one attached hydrogen (secondary N) is 2. The Hall–Kier alpha value is -3.95. The van der Waals surface area contributed by atoms with Crippen LogP contribution < -0.4 is 20.3 Å². The van der Waals surface area contributed by atoms with Crippen LogP contribution >= 0.6 is 11.6 Å². The summed E-state index contributed by atoms with van der Waals surface area (Å²) in [6.45, 7) is 2.77. The first-order valence-electron chi connectivity index (χ1n) is 10.9. The second kappa shape index (κ2) is 10.1. The molecule has 10 heteroatoms. The van der Waals surface area contributed by atoms with E-state index in [4.69, 9.17) is 21.1 Å². The third-order valence-electron chi connectivity index (χ3n) is 5.34. The molecule has 8 nitrogen and oxygen atoms in total. The molecule has 1 saturated heterocycles. The van der Waals surface area contributed by atoms with Gasteiger partial charge in [-0.1, -0.05) is 17.7 Å². The van der Waals surface area contributed by atoms with Gasteiger partial charge in [-0.2, -0.15) is 0 Å². The van der Waals surface area contributed by atoms with Crippen LogP contribution in [-0.4, -0.2) is 42.3 Å². The smallest absolute Gasteiger partial charge is 0.323 e. The van der Waals surface area contributed by atoms with Crippen LogP contribution in [0.4, 0.5) is 26.4 Å². The van der Waals surface area contributed by atoms with Crippen molar-refractivity contribution in [2.75, 3.05) is 41.8 Å². The summed E-state index contributed by atoms with van der Waals surface area (Å²) < 4.78 is 25.7. The zero-order chi connectivity index (χ0) is 24.2. The Balaban J connectivity index is 1.32. The van der Waals surface area contributed by atoms with Crippen molar-refractivity contribution in [1.82, 2.24) is 9.97 Å². The number of hydrogen-bond donors (Lipinski definition) is 2. The Kier molecular flexibility index (Phi) is 6.60. The predicted molar refractivity (Wildman–Crippen MR) is 133 cm³/mol. The van der Waals surface area contributed by atoms with E-state index in [1.165, 1.54) is 18.2 Å². The van der Waals surface area contributed by atoms with Gasteiger partial charge >= 0.3 is 6.03 Å². The number of ether oxygens (including phenoxy) is 2. The number of anilines is 3. The zero-order valence-corrected chi connectivity index (χ0v) is 19.3. The molecule has 1 fully saturated rings. The van der Waals surface area contributed by atoms with Gasteiger partial charge in [0.2, 0.25) is 0 Å². The summed E-state index contributed by atoms with van der Waals surface area (Å²) >= 11 is 5.94. The van der Waals surface area contributed by atoms with Crippen LogP contribution in [0.25, 0.3) is 11.0 Å². The van der Waals surface area contributed by atoms with Crippen LogP contribution in [0, 0.1) is 5.82 Å². The first kappa shape index (κ1) is 22.8. The molecule has 0 radical (unpaired) electrons. The topological polar surface area (TPSA) is 88.6 Å². The highest BCUT2D eigenvalue weighted by atomic mass is 35.5. The Labute approximate surface area is 205 Å². The van der Waals surface area contributed by atoms with E-state index < -0.39 is 11.8 Å². The van der Waals surface area contributed by atoms with Gasteiger partial charge in [0, 0.05) is 41.6 Å². The molecule has 178 valence electrons. The minimum absolute atomic E-state index is 0.0396. The van der Waals surface area contributed by atoms with E-state index >= 15 is 0 Å². The number of nitrogens with zero attached hydrogens (tertiary/aromatic N) is 3. The van der Waals surface area contributed by atoms with Crippen LogP contribution in [-0.2, 0) is 4.74 Å². The van der Waals surface area contributed by atoms with Crippen molar-refractivity contribution in [1.29, 1.82) is 0 Å². The van der Waals surface area contributed by atoms with E-state index in [0.717, 1.165) is 18.9 Å². The average molecular weight is 494 g/mol. The van der Waals surface area contributed by atoms with Gasteiger partial charge in [-0.05, 0) is 42.5 Å². The third kappa shape index (κ3) is 5.59. The number of halogens is 2. The largest absolute Gasteiger partial charge is 0.454 e. The summed E-state index contributed by atoms with van der Waals surface area (Å²) in [5, 5.41) is 5.83. The van der Waals surface area contributed by atoms with Crippen LogP contribution in [0.3, 0.4) is 0 Å². The number of carbonyl (C=O) groups excluding carboxylic acids is 1. The lowest BCUT2D eigenvalue weighted by atomic mass is 10.2. The molecule has 5 rings (SSSR count). The van der Waals surface area contributed by atoms with Gasteiger partial charge in [0.25, 0.3) is 0 Å². The minimum Gasteiger partial charge on any atom is -0.454 e. The van der Waals surface area contributed by atoms with Crippen molar-refractivity contribution in [3.8, 4) is 11.5 Å². The predicted octanol–water partition coefficient (Wildman–Crippen LogP) is 5.70. The minimum atomic E-state index is -0.570. The standard InChI is InChI=1S/C25H21ClFN5O3/c26-16-2-1-3-17(12-16)29-25(33)30-18-4-6-20(27)23(13-18)35-19-5-7-21-22(14-19)31-24(15-28-21)32-8-10-34-11-9-32/h1-7,12-15H,8-11H2,(H2,29,30,33). The molecule has 0 unspecified atom stereocenters. The summed E-state index contributed by atoms with van der Waals surface area (Å²) in [4.78, 5) is 23.6. The maximum absolute atomic E-state index is 14.5. The number of urea groups is 1. The van der Waals surface area contributed by atoms with Crippen LogP contribution in [0.5, 0.6) is 11.5 Å². The van der Waals surface area contributed by atoms with E-state index in [0.29, 0.717) is 46.4 Å². The summed E-state index contributed by atoms with van der Waals surface area (Å²) in [6.07, 6.45) is 1.73. The summed E-state index contributed by atoms with van der Waals surface area (Å²) in [7, 11) is 0. The highest BCUT2D eigenvalue weighted by Crippen LogP contribution is 2.29. The number of benzene rings is 3. The third-order valence-corrected chi connectivity index (χ3v) is 5.57. The Morgan fingerprint density at radius 3 is 2.60 bits per heavy atom. The summed E-state index contributed by atoms with van der Waals surface area (Å²) in [5.74, 6) is 0.535. The SMILES string of the molecule is O=C(Nc1cccc(Cl)c1)Nc1ccc(F)c(Oc2ccc3ncc(N4CCOCC4)nc3c2)c1. The van der Waals surface area contributed by atoms with Gasteiger partial charge in [-0.25, -0.2) is 14.2 Å². The number of morpholine rings is 1. The van der Waals surface area contributed by atoms with Crippen molar-refractivity contribution < 1.29 is 18.7 Å². The fraction of sp³-hybridized carbons (Fsp3) is 0.160. The second-order valence-corrected chi connectivity index (χ2v) is 8.25. The maximum atomic E-state index is 14.5. The quantitative estimate of drug-likeness (QED) is 0.371. The fourth-order valence-corrected chi connectivity index (χ4v) is 3.83. The summed E-state index contributed by atoms with van der Waals surface area (Å²) in [6, 6.07) is 15.5. The molecule has 0 aliphatic carbocycles. The Morgan fingerprint density at radius 2 is 1.80 bits per heavy atom. The average Bonchev–Trinajstić information content (AvgIpc) is 2.86. The van der Waals surface area contributed by atoms with Crippen molar-refractivity contribution in [2.45, 2.75) is 0 Å². The molecule has 4 aromatic rings. The monoisotopic (exact) mass is 493 g/mol. The lowest BCUT2D eigenvalue weighted by Crippen LogP contribution is -2.36. The number of rotatable bonds is 5. The number of fused-ring (bicyclic) bond motifs is 1. The molecule has 0 spiro atoms. The lowest BCUT2D eigenvalue weighted by molar-refractivity contribution is 0.122. The van der Waals surface area contributed by atoms with E-state index in [9.17, 15) is 9.18 Å². The van der Waals surface area contributed by atoms with E-state index in [-0.39, 0.29) is 5.75 Å². The molecule has 1 aliphatic heterocycles. The highest BCUT2D eigenvalue weighted by molar-refractivity contribution is 6.30. The molecule has 2 heterocycles. The van der Waals surface area contributed by atoms with Gasteiger partial charge < -0.3 is 25.0 Å². The van der Waals surface area contributed by atoms with Gasteiger partial charge in [0.05, 0.1) is 30.4 Å². The number of aromatic nitrogens is 2. The molecule has 1 aromatic heterocycles. The molecule has 0 atom stereocenters. The maximum Gasteiger partial charge on any atom is 0.323 e. The van der Waals surface area contributed by atoms with E-state index in [1.807, 2.05) is 0 Å². The zero-order valence-electron chi connectivity index (χ0n) is 18.5. The lowest BCUT2D eigenvalue weighted by Gasteiger charge is -2.27. The first-order valence-corrected chi connectivity index (χ1v) is 11.3. The number of amides is 2. The molecule has 2 N–H and O–H groups in total. The molecule has 0 bridgehead atoms. The van der Waals surface area contributed by atoms with Gasteiger partial charge in [0.1, 0.15) is 11.6 Å². The van der Waals surface area contributed by atoms with Crippen LogP contribution in [0.1, 0.15) is 0 Å². The fourth-order valence-electron chi connectivity index (χ4n) is 3.64. The number of hydrogen-bond acceptors (Lipinski definition) is 6. The number of carbonyl (C=O) groups is 1. The van der Waals surface area contributed by atoms with Crippen LogP contribution in [0.2, 0.25) is 5.02 Å². The van der Waals surface area contributed by atoms with Gasteiger partial charge in [-0.15, -0.1) is 0 Å². The molecular formula is C25H21ClFN5O3. The molecular weight excluding hydrogens is 473 g/mol. The normalized spacial score (nSPS) is 13.5. The van der Waals surface area contributed by atoms with Crippen molar-refractivity contribution >= 4 is 45.9 Å². The molecule has 1 aliphatic rings. The van der Waals surface area contributed by atoms with Crippen molar-refractivity contribution in [3.63, 3.8) is 0 Å². The van der Waals surface area contributed by atoms with Crippen LogP contribution in [0.15, 0.2) is 66.9 Å². The summed E-state index contributed by atoms with van der Waals surface area (Å²) in [5.41, 5.74) is 2.21. The van der Waals surface area contributed by atoms with Gasteiger partial charge in [-0.3, -0.25) is 4.98 Å².